The second-order valence-electron chi connectivity index (χ2n) is 5.31. The minimum Gasteiger partial charge on any atom is -0.375 e. The van der Waals surface area contributed by atoms with Crippen LogP contribution >= 0.6 is 0 Å². The van der Waals surface area contributed by atoms with Crippen LogP contribution in [0.5, 0.6) is 0 Å². The number of hydrogen-bond donors (Lipinski definition) is 0. The van der Waals surface area contributed by atoms with Crippen molar-refractivity contribution in [3.8, 4) is 0 Å². The molecule has 1 saturated heterocycles. The van der Waals surface area contributed by atoms with E-state index in [1.54, 1.807) is 16.4 Å². The third kappa shape index (κ3) is 2.83. The van der Waals surface area contributed by atoms with Crippen LogP contribution in [0, 0.1) is 13.8 Å². The summed E-state index contributed by atoms with van der Waals surface area (Å²) in [7, 11) is -3.43. The van der Waals surface area contributed by atoms with Crippen LogP contribution in [-0.4, -0.2) is 38.0 Å². The van der Waals surface area contributed by atoms with Crippen LogP contribution in [0.2, 0.25) is 0 Å². The van der Waals surface area contributed by atoms with E-state index in [0.29, 0.717) is 18.0 Å². The minimum absolute atomic E-state index is 0.0579. The van der Waals surface area contributed by atoms with Crippen LogP contribution in [-0.2, 0) is 14.8 Å². The maximum Gasteiger partial charge on any atom is 0.243 e. The Labute approximate surface area is 115 Å². The van der Waals surface area contributed by atoms with Gasteiger partial charge >= 0.3 is 0 Å². The predicted octanol–water partition coefficient (Wildman–Crippen LogP) is 2.10. The van der Waals surface area contributed by atoms with Crippen molar-refractivity contribution >= 4 is 10.0 Å². The van der Waals surface area contributed by atoms with Gasteiger partial charge in [-0.2, -0.15) is 4.31 Å². The van der Waals surface area contributed by atoms with Crippen molar-refractivity contribution in [3.05, 3.63) is 29.3 Å². The molecule has 0 bridgehead atoms. The average Bonchev–Trinajstić information content (AvgIpc) is 2.35. The summed E-state index contributed by atoms with van der Waals surface area (Å²) in [6.45, 7) is 8.55. The lowest BCUT2D eigenvalue weighted by molar-refractivity contribution is -0.0170. The van der Waals surface area contributed by atoms with Crippen molar-refractivity contribution in [2.24, 2.45) is 0 Å². The van der Waals surface area contributed by atoms with Crippen LogP contribution < -0.4 is 0 Å². The standard InChI is InChI=1S/C14H21NO3S/c1-10-5-6-14(7-11(10)2)19(16,17)15-8-13(4)18-9-12(15)3/h5-7,12-13H,8-9H2,1-4H3. The van der Waals surface area contributed by atoms with E-state index in [1.165, 1.54) is 0 Å². The number of ether oxygens (including phenoxy) is 1. The maximum absolute atomic E-state index is 12.7. The summed E-state index contributed by atoms with van der Waals surface area (Å²) in [6, 6.07) is 5.17. The molecule has 0 radical (unpaired) electrons. The third-order valence-corrected chi connectivity index (χ3v) is 5.61. The zero-order chi connectivity index (χ0) is 14.2. The summed E-state index contributed by atoms with van der Waals surface area (Å²) in [4.78, 5) is 0.372. The van der Waals surface area contributed by atoms with Gasteiger partial charge in [0.15, 0.2) is 0 Å². The molecule has 106 valence electrons. The average molecular weight is 283 g/mol. The maximum atomic E-state index is 12.7. The number of nitrogens with zero attached hydrogens (tertiary/aromatic N) is 1. The van der Waals surface area contributed by atoms with Gasteiger partial charge in [0.2, 0.25) is 10.0 Å². The van der Waals surface area contributed by atoms with Gasteiger partial charge in [-0.25, -0.2) is 8.42 Å². The molecule has 0 aliphatic carbocycles. The van der Waals surface area contributed by atoms with Crippen molar-refractivity contribution in [2.45, 2.75) is 44.7 Å². The molecule has 1 heterocycles. The molecule has 1 aliphatic rings. The highest BCUT2D eigenvalue weighted by atomic mass is 32.2. The molecule has 0 aromatic heterocycles. The topological polar surface area (TPSA) is 46.6 Å². The van der Waals surface area contributed by atoms with Gasteiger partial charge in [0.05, 0.1) is 17.6 Å². The molecule has 19 heavy (non-hydrogen) atoms. The Kier molecular flexibility index (Phi) is 3.99. The Morgan fingerprint density at radius 3 is 2.53 bits per heavy atom. The SMILES string of the molecule is Cc1ccc(S(=O)(=O)N2CC(C)OCC2C)cc1C. The molecule has 0 saturated carbocycles. The van der Waals surface area contributed by atoms with Crippen LogP contribution in [0.1, 0.15) is 25.0 Å². The first kappa shape index (κ1) is 14.5. The number of sulfonamides is 1. The van der Waals surface area contributed by atoms with Gasteiger partial charge in [0, 0.05) is 12.6 Å². The Bertz CT molecular complexity index is 568. The molecule has 5 heteroatoms. The Morgan fingerprint density at radius 2 is 1.89 bits per heavy atom. The van der Waals surface area contributed by atoms with E-state index in [9.17, 15) is 8.42 Å². The van der Waals surface area contributed by atoms with E-state index >= 15 is 0 Å². The van der Waals surface area contributed by atoms with Crippen molar-refractivity contribution in [2.75, 3.05) is 13.2 Å². The van der Waals surface area contributed by atoms with Gasteiger partial charge in [0.25, 0.3) is 0 Å². The fourth-order valence-corrected chi connectivity index (χ4v) is 3.99. The van der Waals surface area contributed by atoms with Crippen molar-refractivity contribution in [1.29, 1.82) is 0 Å². The molecule has 0 spiro atoms. The molecule has 4 nitrogen and oxygen atoms in total. The normalized spacial score (nSPS) is 25.5. The lowest BCUT2D eigenvalue weighted by atomic mass is 10.1. The zero-order valence-corrected chi connectivity index (χ0v) is 12.7. The van der Waals surface area contributed by atoms with E-state index in [-0.39, 0.29) is 12.1 Å². The third-order valence-electron chi connectivity index (χ3n) is 3.64. The number of hydrogen-bond acceptors (Lipinski definition) is 3. The first-order valence-electron chi connectivity index (χ1n) is 6.53. The second-order valence-corrected chi connectivity index (χ2v) is 7.20. The highest BCUT2D eigenvalue weighted by Crippen LogP contribution is 2.24. The molecule has 2 unspecified atom stereocenters. The lowest BCUT2D eigenvalue weighted by Crippen LogP contribution is -2.50. The molecule has 0 amide bonds. The molecule has 1 fully saturated rings. The summed E-state index contributed by atoms with van der Waals surface area (Å²) in [5.41, 5.74) is 2.09. The smallest absolute Gasteiger partial charge is 0.243 e. The van der Waals surface area contributed by atoms with Crippen molar-refractivity contribution in [3.63, 3.8) is 0 Å². The summed E-state index contributed by atoms with van der Waals surface area (Å²) >= 11 is 0. The fraction of sp³-hybridized carbons (Fsp3) is 0.571. The number of rotatable bonds is 2. The van der Waals surface area contributed by atoms with Gasteiger partial charge in [-0.05, 0) is 51.0 Å². The van der Waals surface area contributed by atoms with Crippen LogP contribution in [0.4, 0.5) is 0 Å². The van der Waals surface area contributed by atoms with Gasteiger partial charge in [-0.15, -0.1) is 0 Å². The molecule has 1 aromatic carbocycles. The molecule has 1 aliphatic heterocycles. The number of morpholine rings is 1. The van der Waals surface area contributed by atoms with Crippen LogP contribution in [0.15, 0.2) is 23.1 Å². The van der Waals surface area contributed by atoms with Crippen LogP contribution in [0.3, 0.4) is 0 Å². The van der Waals surface area contributed by atoms with E-state index in [2.05, 4.69) is 0 Å². The highest BCUT2D eigenvalue weighted by molar-refractivity contribution is 7.89. The summed E-state index contributed by atoms with van der Waals surface area (Å²) < 4.78 is 32.4. The molecular weight excluding hydrogens is 262 g/mol. The second kappa shape index (κ2) is 5.23. The molecule has 1 aromatic rings. The highest BCUT2D eigenvalue weighted by Gasteiger charge is 2.34. The zero-order valence-electron chi connectivity index (χ0n) is 11.9. The minimum atomic E-state index is -3.43. The van der Waals surface area contributed by atoms with Gasteiger partial charge in [-0.1, -0.05) is 6.07 Å². The molecule has 0 N–H and O–H groups in total. The number of benzene rings is 1. The Balaban J connectivity index is 2.38. The van der Waals surface area contributed by atoms with Gasteiger partial charge in [0.1, 0.15) is 0 Å². The van der Waals surface area contributed by atoms with Crippen molar-refractivity contribution < 1.29 is 13.2 Å². The Hall–Kier alpha value is -0.910. The predicted molar refractivity (Wildman–Crippen MR) is 74.7 cm³/mol. The van der Waals surface area contributed by atoms with Crippen molar-refractivity contribution in [1.82, 2.24) is 4.31 Å². The molecule has 2 atom stereocenters. The first-order valence-corrected chi connectivity index (χ1v) is 7.97. The van der Waals surface area contributed by atoms with Crippen LogP contribution in [0.25, 0.3) is 0 Å². The molecule has 2 rings (SSSR count). The quantitative estimate of drug-likeness (QED) is 0.835. The number of aryl methyl sites for hydroxylation is 2. The lowest BCUT2D eigenvalue weighted by Gasteiger charge is -2.35. The first-order chi connectivity index (χ1) is 8.82. The van der Waals surface area contributed by atoms with E-state index < -0.39 is 10.0 Å². The summed E-state index contributed by atoms with van der Waals surface area (Å²) in [5.74, 6) is 0. The largest absolute Gasteiger partial charge is 0.375 e. The molecular formula is C14H21NO3S. The van der Waals surface area contributed by atoms with Gasteiger partial charge in [-0.3, -0.25) is 0 Å². The summed E-state index contributed by atoms with van der Waals surface area (Å²) in [5, 5.41) is 0. The summed E-state index contributed by atoms with van der Waals surface area (Å²) in [6.07, 6.45) is -0.0579. The van der Waals surface area contributed by atoms with E-state index in [4.69, 9.17) is 4.74 Å². The van der Waals surface area contributed by atoms with E-state index in [1.807, 2.05) is 33.8 Å². The van der Waals surface area contributed by atoms with E-state index in [0.717, 1.165) is 11.1 Å². The monoisotopic (exact) mass is 283 g/mol. The van der Waals surface area contributed by atoms with Gasteiger partial charge < -0.3 is 4.74 Å². The fourth-order valence-electron chi connectivity index (χ4n) is 2.22. The Morgan fingerprint density at radius 1 is 1.21 bits per heavy atom.